The maximum absolute atomic E-state index is 13.2. The third kappa shape index (κ3) is 5.24. The van der Waals surface area contributed by atoms with Gasteiger partial charge >= 0.3 is 0 Å². The van der Waals surface area contributed by atoms with E-state index in [-0.39, 0.29) is 23.8 Å². The lowest BCUT2D eigenvalue weighted by Gasteiger charge is -2.25. The molecule has 7 nitrogen and oxygen atoms in total. The number of methoxy groups -OCH3 is 2. The van der Waals surface area contributed by atoms with Crippen molar-refractivity contribution in [3.8, 4) is 11.5 Å². The number of nitrogens with zero attached hydrogens (tertiary/aromatic N) is 2. The Labute approximate surface area is 166 Å². The molecular weight excluding hydrogens is 358 g/mol. The van der Waals surface area contributed by atoms with Crippen molar-refractivity contribution >= 4 is 5.91 Å². The van der Waals surface area contributed by atoms with E-state index in [2.05, 4.69) is 29.4 Å². The number of amides is 1. The SMILES string of the molecule is COc1ccc(C(C(=O)NC(CC(C)C)c2nnc(C)o2)C(C)C)cc1OC. The van der Waals surface area contributed by atoms with Crippen LogP contribution in [0, 0.1) is 18.8 Å². The van der Waals surface area contributed by atoms with Crippen molar-refractivity contribution in [2.45, 2.75) is 53.0 Å². The second kappa shape index (κ2) is 9.57. The van der Waals surface area contributed by atoms with Crippen LogP contribution in [0.25, 0.3) is 0 Å². The van der Waals surface area contributed by atoms with E-state index in [9.17, 15) is 4.79 Å². The summed E-state index contributed by atoms with van der Waals surface area (Å²) in [6.45, 7) is 9.98. The van der Waals surface area contributed by atoms with Crippen molar-refractivity contribution in [1.82, 2.24) is 15.5 Å². The number of aromatic nitrogens is 2. The average molecular weight is 389 g/mol. The van der Waals surface area contributed by atoms with Gasteiger partial charge in [-0.2, -0.15) is 0 Å². The lowest BCUT2D eigenvalue weighted by Crippen LogP contribution is -2.35. The summed E-state index contributed by atoms with van der Waals surface area (Å²) < 4.78 is 16.3. The van der Waals surface area contributed by atoms with E-state index in [4.69, 9.17) is 13.9 Å². The van der Waals surface area contributed by atoms with E-state index in [1.165, 1.54) is 0 Å². The summed E-state index contributed by atoms with van der Waals surface area (Å²) in [6, 6.07) is 5.26. The largest absolute Gasteiger partial charge is 0.493 e. The van der Waals surface area contributed by atoms with Crippen molar-refractivity contribution in [3.05, 3.63) is 35.5 Å². The molecule has 28 heavy (non-hydrogen) atoms. The van der Waals surface area contributed by atoms with Crippen LogP contribution in [-0.4, -0.2) is 30.3 Å². The molecule has 2 aromatic rings. The molecule has 0 saturated carbocycles. The Hall–Kier alpha value is -2.57. The van der Waals surface area contributed by atoms with E-state index in [1.54, 1.807) is 21.1 Å². The molecule has 0 spiro atoms. The Balaban J connectivity index is 2.30. The number of benzene rings is 1. The molecular formula is C21H31N3O4. The summed E-state index contributed by atoms with van der Waals surface area (Å²) in [6.07, 6.45) is 0.712. The van der Waals surface area contributed by atoms with Gasteiger partial charge in [-0.05, 0) is 36.0 Å². The Morgan fingerprint density at radius 3 is 2.29 bits per heavy atom. The average Bonchev–Trinajstić information content (AvgIpc) is 3.06. The normalized spacial score (nSPS) is 13.5. The highest BCUT2D eigenvalue weighted by molar-refractivity contribution is 5.84. The quantitative estimate of drug-likeness (QED) is 0.696. The van der Waals surface area contributed by atoms with Crippen LogP contribution in [0.2, 0.25) is 0 Å². The van der Waals surface area contributed by atoms with E-state index in [0.717, 1.165) is 5.56 Å². The molecule has 1 heterocycles. The van der Waals surface area contributed by atoms with E-state index < -0.39 is 0 Å². The van der Waals surface area contributed by atoms with Crippen molar-refractivity contribution in [2.75, 3.05) is 14.2 Å². The lowest BCUT2D eigenvalue weighted by atomic mass is 9.87. The number of hydrogen-bond acceptors (Lipinski definition) is 6. The van der Waals surface area contributed by atoms with E-state index in [1.807, 2.05) is 32.0 Å². The van der Waals surface area contributed by atoms with Gasteiger partial charge in [0.05, 0.1) is 20.1 Å². The topological polar surface area (TPSA) is 86.5 Å². The summed E-state index contributed by atoms with van der Waals surface area (Å²) >= 11 is 0. The molecule has 154 valence electrons. The first-order valence-corrected chi connectivity index (χ1v) is 9.59. The molecule has 0 aliphatic heterocycles. The van der Waals surface area contributed by atoms with Crippen molar-refractivity contribution in [1.29, 1.82) is 0 Å². The molecule has 0 aliphatic rings. The minimum atomic E-state index is -0.349. The minimum absolute atomic E-state index is 0.0799. The Bertz CT molecular complexity index is 786. The molecule has 7 heteroatoms. The molecule has 0 saturated heterocycles. The smallest absolute Gasteiger partial charge is 0.238 e. The molecule has 0 aliphatic carbocycles. The molecule has 1 aromatic heterocycles. The summed E-state index contributed by atoms with van der Waals surface area (Å²) in [5, 5.41) is 11.1. The van der Waals surface area contributed by atoms with Crippen LogP contribution < -0.4 is 14.8 Å². The predicted octanol–water partition coefficient (Wildman–Crippen LogP) is 4.04. The first-order valence-electron chi connectivity index (χ1n) is 9.59. The van der Waals surface area contributed by atoms with Gasteiger partial charge in [0, 0.05) is 6.92 Å². The van der Waals surface area contributed by atoms with Gasteiger partial charge in [-0.1, -0.05) is 33.8 Å². The van der Waals surface area contributed by atoms with Gasteiger partial charge in [0.1, 0.15) is 6.04 Å². The zero-order valence-corrected chi connectivity index (χ0v) is 17.8. The van der Waals surface area contributed by atoms with Crippen LogP contribution >= 0.6 is 0 Å². The fraction of sp³-hybridized carbons (Fsp3) is 0.571. The van der Waals surface area contributed by atoms with Gasteiger partial charge in [-0.3, -0.25) is 4.79 Å². The van der Waals surface area contributed by atoms with Gasteiger partial charge in [0.15, 0.2) is 11.5 Å². The zero-order chi connectivity index (χ0) is 20.8. The highest BCUT2D eigenvalue weighted by atomic mass is 16.5. The van der Waals surface area contributed by atoms with E-state index in [0.29, 0.717) is 35.6 Å². The number of hydrogen-bond donors (Lipinski definition) is 1. The van der Waals surface area contributed by atoms with Crippen LogP contribution in [0.15, 0.2) is 22.6 Å². The monoisotopic (exact) mass is 389 g/mol. The van der Waals surface area contributed by atoms with Gasteiger partial charge in [0.2, 0.25) is 17.7 Å². The summed E-state index contributed by atoms with van der Waals surface area (Å²) in [5.74, 6) is 2.17. The molecule has 2 rings (SSSR count). The molecule has 1 aromatic carbocycles. The van der Waals surface area contributed by atoms with Crippen LogP contribution in [0.3, 0.4) is 0 Å². The third-order valence-corrected chi connectivity index (χ3v) is 4.58. The number of rotatable bonds is 9. The molecule has 1 amide bonds. The van der Waals surface area contributed by atoms with Gasteiger partial charge in [-0.25, -0.2) is 0 Å². The van der Waals surface area contributed by atoms with Gasteiger partial charge in [-0.15, -0.1) is 10.2 Å². The molecule has 2 unspecified atom stereocenters. The van der Waals surface area contributed by atoms with Crippen molar-refractivity contribution in [2.24, 2.45) is 11.8 Å². The van der Waals surface area contributed by atoms with Crippen molar-refractivity contribution in [3.63, 3.8) is 0 Å². The maximum Gasteiger partial charge on any atom is 0.238 e. The van der Waals surface area contributed by atoms with Gasteiger partial charge < -0.3 is 19.2 Å². The Morgan fingerprint density at radius 2 is 1.79 bits per heavy atom. The van der Waals surface area contributed by atoms with Gasteiger partial charge in [0.25, 0.3) is 0 Å². The first-order chi connectivity index (χ1) is 13.3. The second-order valence-electron chi connectivity index (χ2n) is 7.69. The zero-order valence-electron chi connectivity index (χ0n) is 17.8. The minimum Gasteiger partial charge on any atom is -0.493 e. The highest BCUT2D eigenvalue weighted by Gasteiger charge is 2.29. The molecule has 1 N–H and O–H groups in total. The van der Waals surface area contributed by atoms with E-state index >= 15 is 0 Å². The maximum atomic E-state index is 13.2. The number of carbonyl (C=O) groups excluding carboxylic acids is 1. The van der Waals surface area contributed by atoms with Crippen LogP contribution in [-0.2, 0) is 4.79 Å². The standard InChI is InChI=1S/C21H31N3O4/c1-12(2)10-16(21-24-23-14(5)28-21)22-20(25)19(13(3)4)15-8-9-17(26-6)18(11-15)27-7/h8-9,11-13,16,19H,10H2,1-7H3,(H,22,25). The number of carbonyl (C=O) groups is 1. The first kappa shape index (κ1) is 21.7. The molecule has 0 bridgehead atoms. The fourth-order valence-electron chi connectivity index (χ4n) is 3.29. The van der Waals surface area contributed by atoms with Crippen LogP contribution in [0.4, 0.5) is 0 Å². The third-order valence-electron chi connectivity index (χ3n) is 4.58. The molecule has 2 atom stereocenters. The molecule has 0 radical (unpaired) electrons. The van der Waals surface area contributed by atoms with Crippen LogP contribution in [0.5, 0.6) is 11.5 Å². The lowest BCUT2D eigenvalue weighted by molar-refractivity contribution is -0.124. The second-order valence-corrected chi connectivity index (χ2v) is 7.69. The Morgan fingerprint density at radius 1 is 1.11 bits per heavy atom. The summed E-state index contributed by atoms with van der Waals surface area (Å²) in [7, 11) is 3.18. The highest BCUT2D eigenvalue weighted by Crippen LogP contribution is 2.34. The number of ether oxygens (including phenoxy) is 2. The number of aryl methyl sites for hydroxylation is 1. The number of nitrogens with one attached hydrogen (secondary N) is 1. The fourth-order valence-corrected chi connectivity index (χ4v) is 3.29. The predicted molar refractivity (Wildman–Crippen MR) is 106 cm³/mol. The summed E-state index contributed by atoms with van der Waals surface area (Å²) in [5.41, 5.74) is 0.871. The summed E-state index contributed by atoms with van der Waals surface area (Å²) in [4.78, 5) is 13.2. The Kier molecular flexibility index (Phi) is 7.43. The van der Waals surface area contributed by atoms with Crippen molar-refractivity contribution < 1.29 is 18.7 Å². The van der Waals surface area contributed by atoms with Crippen LogP contribution in [0.1, 0.15) is 63.4 Å². The molecule has 0 fully saturated rings.